The third-order valence-corrected chi connectivity index (χ3v) is 5.21. The average Bonchev–Trinajstić information content (AvgIpc) is 3.25. The van der Waals surface area contributed by atoms with Crippen LogP contribution in [0.5, 0.6) is 5.75 Å². The van der Waals surface area contributed by atoms with Crippen LogP contribution in [-0.4, -0.2) is 26.8 Å². The van der Waals surface area contributed by atoms with Crippen molar-refractivity contribution in [2.24, 2.45) is 0 Å². The number of amides is 2. The number of halogens is 1. The maximum atomic E-state index is 13.8. The molecule has 0 unspecified atom stereocenters. The molecule has 0 aliphatic carbocycles. The molecule has 4 rings (SSSR count). The summed E-state index contributed by atoms with van der Waals surface area (Å²) in [7, 11) is 0. The normalized spacial score (nSPS) is 10.5. The second kappa shape index (κ2) is 10.4. The SMILES string of the molecule is O=C(Cc1csc(NC(=O)c2ccccc2F)n1)Nc1ncccc1OCc1ccncc1. The molecular weight excluding hydrogens is 445 g/mol. The number of nitrogens with one attached hydrogen (secondary N) is 2. The van der Waals surface area contributed by atoms with E-state index < -0.39 is 11.7 Å². The zero-order valence-electron chi connectivity index (χ0n) is 17.2. The van der Waals surface area contributed by atoms with E-state index in [1.54, 1.807) is 42.2 Å². The van der Waals surface area contributed by atoms with E-state index in [0.29, 0.717) is 23.9 Å². The van der Waals surface area contributed by atoms with Gasteiger partial charge in [-0.05, 0) is 42.0 Å². The van der Waals surface area contributed by atoms with Gasteiger partial charge in [-0.2, -0.15) is 0 Å². The van der Waals surface area contributed by atoms with E-state index in [-0.39, 0.29) is 23.0 Å². The van der Waals surface area contributed by atoms with Crippen LogP contribution in [0, 0.1) is 5.82 Å². The molecule has 10 heteroatoms. The number of hydrogen-bond acceptors (Lipinski definition) is 7. The van der Waals surface area contributed by atoms with Gasteiger partial charge in [-0.25, -0.2) is 14.4 Å². The van der Waals surface area contributed by atoms with Crippen LogP contribution in [0.3, 0.4) is 0 Å². The Balaban J connectivity index is 1.35. The molecule has 166 valence electrons. The van der Waals surface area contributed by atoms with E-state index in [1.165, 1.54) is 18.2 Å². The molecule has 2 amide bonds. The Morgan fingerprint density at radius 1 is 1.00 bits per heavy atom. The van der Waals surface area contributed by atoms with E-state index in [4.69, 9.17) is 4.74 Å². The van der Waals surface area contributed by atoms with E-state index in [0.717, 1.165) is 16.9 Å². The van der Waals surface area contributed by atoms with Crippen molar-refractivity contribution in [1.82, 2.24) is 15.0 Å². The smallest absolute Gasteiger partial charge is 0.260 e. The monoisotopic (exact) mass is 463 g/mol. The molecule has 0 saturated heterocycles. The molecule has 0 radical (unpaired) electrons. The predicted molar refractivity (Wildman–Crippen MR) is 122 cm³/mol. The number of nitrogens with zero attached hydrogens (tertiary/aromatic N) is 3. The lowest BCUT2D eigenvalue weighted by molar-refractivity contribution is -0.115. The fourth-order valence-corrected chi connectivity index (χ4v) is 3.54. The van der Waals surface area contributed by atoms with Gasteiger partial charge in [-0.1, -0.05) is 12.1 Å². The number of aromatic nitrogens is 3. The van der Waals surface area contributed by atoms with E-state index in [1.807, 2.05) is 12.1 Å². The van der Waals surface area contributed by atoms with Crippen molar-refractivity contribution in [2.45, 2.75) is 13.0 Å². The van der Waals surface area contributed by atoms with E-state index in [2.05, 4.69) is 25.6 Å². The van der Waals surface area contributed by atoms with Gasteiger partial charge in [-0.3, -0.25) is 19.9 Å². The van der Waals surface area contributed by atoms with Gasteiger partial charge in [0.05, 0.1) is 17.7 Å². The zero-order chi connectivity index (χ0) is 23.0. The topological polar surface area (TPSA) is 106 Å². The molecule has 0 saturated carbocycles. The molecule has 3 heterocycles. The van der Waals surface area contributed by atoms with Crippen molar-refractivity contribution >= 4 is 34.1 Å². The summed E-state index contributed by atoms with van der Waals surface area (Å²) in [6.07, 6.45) is 4.86. The highest BCUT2D eigenvalue weighted by atomic mass is 32.1. The summed E-state index contributed by atoms with van der Waals surface area (Å²) in [6.45, 7) is 0.300. The number of benzene rings is 1. The van der Waals surface area contributed by atoms with Crippen molar-refractivity contribution in [3.05, 3.63) is 95.1 Å². The number of hydrogen-bond donors (Lipinski definition) is 2. The first-order valence-electron chi connectivity index (χ1n) is 9.85. The quantitative estimate of drug-likeness (QED) is 0.408. The Kier molecular flexibility index (Phi) is 6.96. The van der Waals surface area contributed by atoms with Crippen LogP contribution < -0.4 is 15.4 Å². The highest BCUT2D eigenvalue weighted by molar-refractivity contribution is 7.14. The van der Waals surface area contributed by atoms with E-state index >= 15 is 0 Å². The Morgan fingerprint density at radius 2 is 1.82 bits per heavy atom. The summed E-state index contributed by atoms with van der Waals surface area (Å²) in [5.41, 5.74) is 1.30. The van der Waals surface area contributed by atoms with Crippen LogP contribution in [-0.2, 0) is 17.8 Å². The largest absolute Gasteiger partial charge is 0.485 e. The van der Waals surface area contributed by atoms with Gasteiger partial charge in [0.25, 0.3) is 5.91 Å². The number of carbonyl (C=O) groups is 2. The van der Waals surface area contributed by atoms with E-state index in [9.17, 15) is 14.0 Å². The standard InChI is InChI=1S/C23H18FN5O3S/c24-18-5-2-1-4-17(18)22(31)29-23-27-16(14-33-23)12-20(30)28-21-19(6-3-9-26-21)32-13-15-7-10-25-11-8-15/h1-11,14H,12-13H2,(H,26,28,30)(H,27,29,31). The fourth-order valence-electron chi connectivity index (χ4n) is 2.84. The zero-order valence-corrected chi connectivity index (χ0v) is 18.0. The number of thiazole rings is 1. The van der Waals surface area contributed by atoms with Crippen molar-refractivity contribution < 1.29 is 18.7 Å². The van der Waals surface area contributed by atoms with Gasteiger partial charge in [0.15, 0.2) is 16.7 Å². The molecular formula is C23H18FN5O3S. The Hall–Kier alpha value is -4.18. The molecule has 3 aromatic heterocycles. The second-order valence-electron chi connectivity index (χ2n) is 6.80. The number of carbonyl (C=O) groups excluding carboxylic acids is 2. The van der Waals surface area contributed by atoms with Crippen LogP contribution >= 0.6 is 11.3 Å². The van der Waals surface area contributed by atoms with Gasteiger partial charge in [0.1, 0.15) is 12.4 Å². The predicted octanol–water partition coefficient (Wildman–Crippen LogP) is 4.08. The molecule has 8 nitrogen and oxygen atoms in total. The minimum absolute atomic E-state index is 0.0353. The van der Waals surface area contributed by atoms with Gasteiger partial charge in [0.2, 0.25) is 5.91 Å². The first-order chi connectivity index (χ1) is 16.1. The molecule has 4 aromatic rings. The number of ether oxygens (including phenoxy) is 1. The Labute approximate surface area is 192 Å². The lowest BCUT2D eigenvalue weighted by atomic mass is 10.2. The van der Waals surface area contributed by atoms with Crippen LogP contribution in [0.2, 0.25) is 0 Å². The van der Waals surface area contributed by atoms with Gasteiger partial charge >= 0.3 is 0 Å². The van der Waals surface area contributed by atoms with Gasteiger partial charge in [0, 0.05) is 24.0 Å². The summed E-state index contributed by atoms with van der Waals surface area (Å²) in [5, 5.41) is 7.18. The van der Waals surface area contributed by atoms with Crippen LogP contribution in [0.15, 0.2) is 72.5 Å². The molecule has 0 atom stereocenters. The average molecular weight is 463 g/mol. The highest BCUT2D eigenvalue weighted by Gasteiger charge is 2.15. The highest BCUT2D eigenvalue weighted by Crippen LogP contribution is 2.23. The molecule has 0 fully saturated rings. The van der Waals surface area contributed by atoms with Gasteiger partial charge < -0.3 is 10.1 Å². The lowest BCUT2D eigenvalue weighted by Crippen LogP contribution is -2.17. The maximum absolute atomic E-state index is 13.8. The van der Waals surface area contributed by atoms with Crippen molar-refractivity contribution in [3.8, 4) is 5.75 Å². The fraction of sp³-hybridized carbons (Fsp3) is 0.0870. The number of anilines is 2. The van der Waals surface area contributed by atoms with Crippen LogP contribution in [0.1, 0.15) is 21.6 Å². The van der Waals surface area contributed by atoms with Crippen molar-refractivity contribution in [2.75, 3.05) is 10.6 Å². The molecule has 0 aliphatic heterocycles. The first kappa shape index (κ1) is 22.0. The van der Waals surface area contributed by atoms with Crippen LogP contribution in [0.4, 0.5) is 15.3 Å². The lowest BCUT2D eigenvalue weighted by Gasteiger charge is -2.11. The second-order valence-corrected chi connectivity index (χ2v) is 7.66. The minimum atomic E-state index is -0.622. The summed E-state index contributed by atoms with van der Waals surface area (Å²) in [5.74, 6) is -0.857. The molecule has 0 bridgehead atoms. The summed E-state index contributed by atoms with van der Waals surface area (Å²) in [6, 6.07) is 12.8. The number of pyridine rings is 2. The maximum Gasteiger partial charge on any atom is 0.260 e. The van der Waals surface area contributed by atoms with Crippen LogP contribution in [0.25, 0.3) is 0 Å². The summed E-state index contributed by atoms with van der Waals surface area (Å²) >= 11 is 1.14. The Morgan fingerprint density at radius 3 is 2.64 bits per heavy atom. The van der Waals surface area contributed by atoms with Crippen molar-refractivity contribution in [1.29, 1.82) is 0 Å². The van der Waals surface area contributed by atoms with Gasteiger partial charge in [-0.15, -0.1) is 11.3 Å². The third kappa shape index (κ3) is 5.95. The summed E-state index contributed by atoms with van der Waals surface area (Å²) < 4.78 is 19.5. The molecule has 0 spiro atoms. The first-order valence-corrected chi connectivity index (χ1v) is 10.7. The molecule has 1 aromatic carbocycles. The summed E-state index contributed by atoms with van der Waals surface area (Å²) in [4.78, 5) is 37.1. The Bertz CT molecular complexity index is 1270. The molecule has 0 aliphatic rings. The minimum Gasteiger partial charge on any atom is -0.485 e. The number of rotatable bonds is 8. The molecule has 2 N–H and O–H groups in total. The molecule has 33 heavy (non-hydrogen) atoms. The van der Waals surface area contributed by atoms with Crippen molar-refractivity contribution in [3.63, 3.8) is 0 Å². The third-order valence-electron chi connectivity index (χ3n) is 4.40.